The monoisotopic (exact) mass is 452 g/mol. The molecule has 3 heterocycles. The summed E-state index contributed by atoms with van der Waals surface area (Å²) in [5.74, 6) is 0.0899. The predicted octanol–water partition coefficient (Wildman–Crippen LogP) is 1.15. The summed E-state index contributed by atoms with van der Waals surface area (Å²) in [5, 5.41) is 4.78. The molecule has 3 amide bonds. The van der Waals surface area contributed by atoms with Crippen molar-refractivity contribution >= 4 is 34.3 Å². The standard InChI is InChI=1S/C24H32N6O3/c25-19(7-8-21(31)29-11-1-2-12-29)24(33)30-13-3-4-20(30)23(32)28-15-16-5-6-18-17(14-16)9-10-27-22(18)26/h5-6,9-10,14,19-20H,1-4,7-8,11-13,15,25H2,(H2,26,27)(H,28,32)/t19-,20+/m1/s1. The van der Waals surface area contributed by atoms with E-state index >= 15 is 0 Å². The first kappa shape index (κ1) is 23.0. The van der Waals surface area contributed by atoms with E-state index in [1.165, 1.54) is 0 Å². The molecule has 0 unspecified atom stereocenters. The van der Waals surface area contributed by atoms with E-state index in [9.17, 15) is 14.4 Å². The molecule has 1 aromatic heterocycles. The van der Waals surface area contributed by atoms with Gasteiger partial charge < -0.3 is 26.6 Å². The van der Waals surface area contributed by atoms with Crippen molar-refractivity contribution in [1.29, 1.82) is 0 Å². The molecular weight excluding hydrogens is 420 g/mol. The Morgan fingerprint density at radius 3 is 2.70 bits per heavy atom. The van der Waals surface area contributed by atoms with Crippen molar-refractivity contribution in [3.8, 4) is 0 Å². The van der Waals surface area contributed by atoms with Crippen LogP contribution in [0.4, 0.5) is 5.82 Å². The number of nitrogens with one attached hydrogen (secondary N) is 1. The Kier molecular flexibility index (Phi) is 7.08. The van der Waals surface area contributed by atoms with Crippen LogP contribution in [0.1, 0.15) is 44.1 Å². The van der Waals surface area contributed by atoms with Crippen molar-refractivity contribution in [1.82, 2.24) is 20.1 Å². The maximum absolute atomic E-state index is 12.9. The minimum absolute atomic E-state index is 0.0550. The fourth-order valence-corrected chi connectivity index (χ4v) is 4.71. The highest BCUT2D eigenvalue weighted by atomic mass is 16.2. The average molecular weight is 453 g/mol. The van der Waals surface area contributed by atoms with Gasteiger partial charge in [-0.25, -0.2) is 4.98 Å². The van der Waals surface area contributed by atoms with E-state index in [2.05, 4.69) is 10.3 Å². The smallest absolute Gasteiger partial charge is 0.243 e. The van der Waals surface area contributed by atoms with Crippen LogP contribution in [0.15, 0.2) is 30.5 Å². The molecule has 5 N–H and O–H groups in total. The first-order valence-corrected chi connectivity index (χ1v) is 11.7. The van der Waals surface area contributed by atoms with E-state index in [-0.39, 0.29) is 24.1 Å². The molecule has 33 heavy (non-hydrogen) atoms. The Morgan fingerprint density at radius 1 is 1.12 bits per heavy atom. The van der Waals surface area contributed by atoms with E-state index in [4.69, 9.17) is 11.5 Å². The van der Waals surface area contributed by atoms with Crippen molar-refractivity contribution in [2.24, 2.45) is 5.73 Å². The number of nitrogens with zero attached hydrogens (tertiary/aromatic N) is 3. The van der Waals surface area contributed by atoms with Crippen LogP contribution in [0.3, 0.4) is 0 Å². The number of hydrogen-bond donors (Lipinski definition) is 3. The highest BCUT2D eigenvalue weighted by Gasteiger charge is 2.36. The van der Waals surface area contributed by atoms with Crippen LogP contribution in [0.25, 0.3) is 10.8 Å². The lowest BCUT2D eigenvalue weighted by molar-refractivity contribution is -0.140. The number of carbonyl (C=O) groups excluding carboxylic acids is 3. The molecule has 4 rings (SSSR count). The van der Waals surface area contributed by atoms with E-state index < -0.39 is 12.1 Å². The van der Waals surface area contributed by atoms with Gasteiger partial charge in [-0.2, -0.15) is 0 Å². The molecule has 0 saturated carbocycles. The van der Waals surface area contributed by atoms with Crippen LogP contribution in [0, 0.1) is 0 Å². The molecule has 2 aliphatic heterocycles. The zero-order valence-corrected chi connectivity index (χ0v) is 18.8. The van der Waals surface area contributed by atoms with Gasteiger partial charge in [0.05, 0.1) is 6.04 Å². The summed E-state index contributed by atoms with van der Waals surface area (Å²) >= 11 is 0. The second-order valence-electron chi connectivity index (χ2n) is 8.89. The van der Waals surface area contributed by atoms with E-state index in [0.717, 1.165) is 48.7 Å². The first-order valence-electron chi connectivity index (χ1n) is 11.7. The highest BCUT2D eigenvalue weighted by molar-refractivity contribution is 5.92. The molecule has 2 fully saturated rings. The average Bonchev–Trinajstić information content (AvgIpc) is 3.53. The molecule has 9 nitrogen and oxygen atoms in total. The number of fused-ring (bicyclic) bond motifs is 1. The van der Waals surface area contributed by atoms with Gasteiger partial charge in [0.15, 0.2) is 0 Å². The van der Waals surface area contributed by atoms with Crippen molar-refractivity contribution in [2.75, 3.05) is 25.4 Å². The SMILES string of the molecule is Nc1nccc2cc(CNC(=O)[C@@H]3CCCN3C(=O)[C@H](N)CCC(=O)N3CCCC3)ccc12. The summed E-state index contributed by atoms with van der Waals surface area (Å²) in [5.41, 5.74) is 13.0. The number of pyridine rings is 1. The molecule has 176 valence electrons. The van der Waals surface area contributed by atoms with Crippen molar-refractivity contribution in [2.45, 2.75) is 57.2 Å². The number of likely N-dealkylation sites (tertiary alicyclic amines) is 2. The van der Waals surface area contributed by atoms with Gasteiger partial charge in [0.1, 0.15) is 11.9 Å². The number of nitrogens with two attached hydrogens (primary N) is 2. The van der Waals surface area contributed by atoms with Gasteiger partial charge in [0.25, 0.3) is 0 Å². The van der Waals surface area contributed by atoms with Gasteiger partial charge in [0.2, 0.25) is 17.7 Å². The third-order valence-corrected chi connectivity index (χ3v) is 6.61. The number of anilines is 1. The van der Waals surface area contributed by atoms with E-state index in [1.807, 2.05) is 29.2 Å². The van der Waals surface area contributed by atoms with Gasteiger partial charge in [0, 0.05) is 44.2 Å². The molecule has 9 heteroatoms. The summed E-state index contributed by atoms with van der Waals surface area (Å²) in [6, 6.07) is 6.35. The van der Waals surface area contributed by atoms with Gasteiger partial charge >= 0.3 is 0 Å². The number of amides is 3. The number of hydrogen-bond acceptors (Lipinski definition) is 6. The Bertz CT molecular complexity index is 1040. The predicted molar refractivity (Wildman–Crippen MR) is 126 cm³/mol. The largest absolute Gasteiger partial charge is 0.383 e. The van der Waals surface area contributed by atoms with Crippen LogP contribution in [-0.4, -0.2) is 64.2 Å². The Balaban J connectivity index is 1.30. The molecule has 2 saturated heterocycles. The van der Waals surface area contributed by atoms with E-state index in [0.29, 0.717) is 31.7 Å². The lowest BCUT2D eigenvalue weighted by Crippen LogP contribution is -2.51. The number of benzene rings is 1. The second-order valence-corrected chi connectivity index (χ2v) is 8.89. The van der Waals surface area contributed by atoms with Gasteiger partial charge in [-0.15, -0.1) is 0 Å². The van der Waals surface area contributed by atoms with Crippen LogP contribution in [-0.2, 0) is 20.9 Å². The summed E-state index contributed by atoms with van der Waals surface area (Å²) in [7, 11) is 0. The third kappa shape index (κ3) is 5.24. The topological polar surface area (TPSA) is 135 Å². The Labute approximate surface area is 193 Å². The lowest BCUT2D eigenvalue weighted by Gasteiger charge is -2.27. The quantitative estimate of drug-likeness (QED) is 0.577. The van der Waals surface area contributed by atoms with Crippen molar-refractivity contribution < 1.29 is 14.4 Å². The molecule has 0 bridgehead atoms. The van der Waals surface area contributed by atoms with Crippen molar-refractivity contribution in [3.63, 3.8) is 0 Å². The number of nitrogen functional groups attached to an aromatic ring is 1. The molecule has 2 aliphatic rings. The molecule has 1 aromatic carbocycles. The first-order chi connectivity index (χ1) is 15.9. The second kappa shape index (κ2) is 10.2. The fraction of sp³-hybridized carbons (Fsp3) is 0.500. The number of carbonyl (C=O) groups is 3. The summed E-state index contributed by atoms with van der Waals surface area (Å²) in [4.78, 5) is 45.6. The number of rotatable bonds is 7. The molecule has 2 atom stereocenters. The molecular formula is C24H32N6O3. The molecule has 2 aromatic rings. The molecule has 0 radical (unpaired) electrons. The zero-order chi connectivity index (χ0) is 23.4. The normalized spacial score (nSPS) is 19.1. The minimum Gasteiger partial charge on any atom is -0.383 e. The summed E-state index contributed by atoms with van der Waals surface area (Å²) in [6.45, 7) is 2.44. The summed E-state index contributed by atoms with van der Waals surface area (Å²) in [6.07, 6.45) is 5.65. The maximum atomic E-state index is 12.9. The van der Waals surface area contributed by atoms with Crippen molar-refractivity contribution in [3.05, 3.63) is 36.0 Å². The Hall–Kier alpha value is -3.20. The van der Waals surface area contributed by atoms with Gasteiger partial charge in [-0.3, -0.25) is 14.4 Å². The van der Waals surface area contributed by atoms with Crippen LogP contribution < -0.4 is 16.8 Å². The minimum atomic E-state index is -0.774. The van der Waals surface area contributed by atoms with Crippen LogP contribution >= 0.6 is 0 Å². The highest BCUT2D eigenvalue weighted by Crippen LogP contribution is 2.22. The lowest BCUT2D eigenvalue weighted by atomic mass is 10.1. The Morgan fingerprint density at radius 2 is 1.91 bits per heavy atom. The molecule has 0 spiro atoms. The van der Waals surface area contributed by atoms with Crippen LogP contribution in [0.5, 0.6) is 0 Å². The van der Waals surface area contributed by atoms with Gasteiger partial charge in [-0.1, -0.05) is 12.1 Å². The molecule has 0 aliphatic carbocycles. The summed E-state index contributed by atoms with van der Waals surface area (Å²) < 4.78 is 0. The third-order valence-electron chi connectivity index (χ3n) is 6.61. The zero-order valence-electron chi connectivity index (χ0n) is 18.8. The number of aromatic nitrogens is 1. The van der Waals surface area contributed by atoms with Gasteiger partial charge in [-0.05, 0) is 55.2 Å². The van der Waals surface area contributed by atoms with E-state index in [1.54, 1.807) is 11.1 Å². The van der Waals surface area contributed by atoms with Crippen LogP contribution in [0.2, 0.25) is 0 Å². The fourth-order valence-electron chi connectivity index (χ4n) is 4.71. The maximum Gasteiger partial charge on any atom is 0.243 e.